The van der Waals surface area contributed by atoms with Gasteiger partial charge >= 0.3 is 0 Å². The van der Waals surface area contributed by atoms with Crippen LogP contribution in [0.1, 0.15) is 99.3 Å². The average molecular weight is 296 g/mol. The van der Waals surface area contributed by atoms with E-state index in [2.05, 4.69) is 46.9 Å². The molecule has 1 rings (SSSR count). The van der Waals surface area contributed by atoms with Gasteiger partial charge in [-0.15, -0.1) is 0 Å². The maximum absolute atomic E-state index is 3.84. The van der Waals surface area contributed by atoms with Crippen molar-refractivity contribution in [1.29, 1.82) is 0 Å². The minimum Gasteiger partial charge on any atom is -0.312 e. The minimum absolute atomic E-state index is 0.248. The van der Waals surface area contributed by atoms with Gasteiger partial charge in [0.05, 0.1) is 0 Å². The third kappa shape index (κ3) is 5.93. The molecule has 0 radical (unpaired) electrons. The van der Waals surface area contributed by atoms with Crippen LogP contribution in [0.2, 0.25) is 0 Å². The molecule has 0 aromatic carbocycles. The van der Waals surface area contributed by atoms with E-state index in [1.54, 1.807) is 0 Å². The molecule has 0 aromatic heterocycles. The Bertz CT molecular complexity index is 264. The molecule has 0 saturated heterocycles. The maximum Gasteiger partial charge on any atom is 0.00967 e. The molecular formula is C20H41N. The van der Waals surface area contributed by atoms with E-state index in [1.807, 2.05) is 0 Å². The summed E-state index contributed by atoms with van der Waals surface area (Å²) in [5, 5.41) is 3.84. The lowest BCUT2D eigenvalue weighted by molar-refractivity contribution is 0.0562. The second kappa shape index (κ2) is 8.56. The van der Waals surface area contributed by atoms with Crippen LogP contribution in [0.4, 0.5) is 0 Å². The summed E-state index contributed by atoms with van der Waals surface area (Å²) in [7, 11) is 0. The molecule has 1 aliphatic carbocycles. The molecule has 1 aliphatic rings. The molecule has 0 aliphatic heterocycles. The summed E-state index contributed by atoms with van der Waals surface area (Å²) in [6, 6.07) is 0. The van der Waals surface area contributed by atoms with E-state index in [0.29, 0.717) is 5.41 Å². The molecule has 1 fully saturated rings. The van der Waals surface area contributed by atoms with Crippen LogP contribution in [-0.4, -0.2) is 12.1 Å². The van der Waals surface area contributed by atoms with Gasteiger partial charge in [0.1, 0.15) is 0 Å². The standard InChI is InChI=1S/C20H41N/c1-7-10-11-17-12-14-20(15-13-17,18(8-2)9-3)16-21-19(4,5)6/h17-18,21H,7-16H2,1-6H3. The van der Waals surface area contributed by atoms with E-state index in [1.165, 1.54) is 64.3 Å². The van der Waals surface area contributed by atoms with E-state index in [4.69, 9.17) is 0 Å². The number of hydrogen-bond acceptors (Lipinski definition) is 1. The number of unbranched alkanes of at least 4 members (excludes halogenated alkanes) is 1. The highest BCUT2D eigenvalue weighted by Gasteiger charge is 2.40. The Labute approximate surface area is 134 Å². The van der Waals surface area contributed by atoms with Crippen molar-refractivity contribution in [3.8, 4) is 0 Å². The van der Waals surface area contributed by atoms with Gasteiger partial charge in [-0.3, -0.25) is 0 Å². The van der Waals surface area contributed by atoms with Gasteiger partial charge in [-0.05, 0) is 63.7 Å². The van der Waals surface area contributed by atoms with Crippen molar-refractivity contribution < 1.29 is 0 Å². The Morgan fingerprint density at radius 3 is 2.05 bits per heavy atom. The lowest BCUT2D eigenvalue weighted by atomic mass is 9.61. The highest BCUT2D eigenvalue weighted by molar-refractivity contribution is 4.93. The van der Waals surface area contributed by atoms with Crippen molar-refractivity contribution in [2.75, 3.05) is 6.54 Å². The van der Waals surface area contributed by atoms with Crippen LogP contribution in [-0.2, 0) is 0 Å². The molecule has 1 N–H and O–H groups in total. The first-order chi connectivity index (χ1) is 9.87. The van der Waals surface area contributed by atoms with Crippen LogP contribution in [0.15, 0.2) is 0 Å². The Kier molecular flexibility index (Phi) is 7.74. The third-order valence-corrected chi connectivity index (χ3v) is 5.89. The van der Waals surface area contributed by atoms with Crippen LogP contribution in [0.5, 0.6) is 0 Å². The smallest absolute Gasteiger partial charge is 0.00967 e. The molecule has 1 heteroatoms. The van der Waals surface area contributed by atoms with Gasteiger partial charge < -0.3 is 5.32 Å². The van der Waals surface area contributed by atoms with Crippen molar-refractivity contribution in [3.63, 3.8) is 0 Å². The van der Waals surface area contributed by atoms with Gasteiger partial charge in [-0.1, -0.05) is 52.9 Å². The van der Waals surface area contributed by atoms with Gasteiger partial charge in [-0.25, -0.2) is 0 Å². The first kappa shape index (κ1) is 19.0. The summed E-state index contributed by atoms with van der Waals surface area (Å²) in [5.74, 6) is 1.92. The summed E-state index contributed by atoms with van der Waals surface area (Å²) < 4.78 is 0. The monoisotopic (exact) mass is 295 g/mol. The molecule has 0 aromatic rings. The fraction of sp³-hybridized carbons (Fsp3) is 1.00. The highest BCUT2D eigenvalue weighted by atomic mass is 15.0. The first-order valence-electron chi connectivity index (χ1n) is 9.62. The zero-order chi connectivity index (χ0) is 15.9. The summed E-state index contributed by atoms with van der Waals surface area (Å²) in [6.07, 6.45) is 12.8. The van der Waals surface area contributed by atoms with Gasteiger partial charge in [0, 0.05) is 12.1 Å². The predicted molar refractivity (Wildman–Crippen MR) is 95.7 cm³/mol. The molecule has 0 atom stereocenters. The van der Waals surface area contributed by atoms with Crippen molar-refractivity contribution in [3.05, 3.63) is 0 Å². The van der Waals surface area contributed by atoms with Crippen LogP contribution < -0.4 is 5.32 Å². The topological polar surface area (TPSA) is 12.0 Å². The molecular weight excluding hydrogens is 254 g/mol. The van der Waals surface area contributed by atoms with E-state index < -0.39 is 0 Å². The fourth-order valence-electron chi connectivity index (χ4n) is 4.36. The zero-order valence-electron chi connectivity index (χ0n) is 15.7. The lowest BCUT2D eigenvalue weighted by Gasteiger charge is -2.47. The normalized spacial score (nSPS) is 27.3. The van der Waals surface area contributed by atoms with Crippen LogP contribution in [0.3, 0.4) is 0 Å². The largest absolute Gasteiger partial charge is 0.312 e. The van der Waals surface area contributed by atoms with Crippen molar-refractivity contribution in [1.82, 2.24) is 5.32 Å². The van der Waals surface area contributed by atoms with E-state index in [-0.39, 0.29) is 5.54 Å². The average Bonchev–Trinajstić information content (AvgIpc) is 2.45. The van der Waals surface area contributed by atoms with Gasteiger partial charge in [0.2, 0.25) is 0 Å². The molecule has 1 saturated carbocycles. The quantitative estimate of drug-likeness (QED) is 0.564. The first-order valence-corrected chi connectivity index (χ1v) is 9.62. The van der Waals surface area contributed by atoms with Crippen molar-refractivity contribution in [2.45, 2.75) is 105 Å². The molecule has 0 bridgehead atoms. The summed E-state index contributed by atoms with van der Waals surface area (Å²) in [5.41, 5.74) is 0.817. The number of hydrogen-bond donors (Lipinski definition) is 1. The second-order valence-electron chi connectivity index (χ2n) is 8.56. The van der Waals surface area contributed by atoms with Crippen LogP contribution >= 0.6 is 0 Å². The van der Waals surface area contributed by atoms with Gasteiger partial charge in [-0.2, -0.15) is 0 Å². The number of nitrogens with one attached hydrogen (secondary N) is 1. The Hall–Kier alpha value is -0.0400. The molecule has 0 spiro atoms. The van der Waals surface area contributed by atoms with E-state index in [0.717, 1.165) is 11.8 Å². The van der Waals surface area contributed by atoms with E-state index in [9.17, 15) is 0 Å². The van der Waals surface area contributed by atoms with Crippen molar-refractivity contribution >= 4 is 0 Å². The Morgan fingerprint density at radius 1 is 1.05 bits per heavy atom. The predicted octanol–water partition coefficient (Wildman–Crippen LogP) is 6.18. The summed E-state index contributed by atoms with van der Waals surface area (Å²) in [4.78, 5) is 0. The molecule has 21 heavy (non-hydrogen) atoms. The molecule has 126 valence electrons. The van der Waals surface area contributed by atoms with Gasteiger partial charge in [0.15, 0.2) is 0 Å². The summed E-state index contributed by atoms with van der Waals surface area (Å²) in [6.45, 7) is 15.3. The van der Waals surface area contributed by atoms with Crippen LogP contribution in [0.25, 0.3) is 0 Å². The zero-order valence-corrected chi connectivity index (χ0v) is 15.7. The minimum atomic E-state index is 0.248. The Morgan fingerprint density at radius 2 is 1.62 bits per heavy atom. The van der Waals surface area contributed by atoms with Crippen LogP contribution in [0, 0.1) is 17.3 Å². The SMILES string of the molecule is CCCCC1CCC(CNC(C)(C)C)(C(CC)CC)CC1. The Balaban J connectivity index is 2.67. The van der Waals surface area contributed by atoms with Gasteiger partial charge in [0.25, 0.3) is 0 Å². The lowest BCUT2D eigenvalue weighted by Crippen LogP contribution is -2.48. The number of rotatable bonds is 8. The molecule has 0 unspecified atom stereocenters. The molecule has 0 heterocycles. The molecule has 0 amide bonds. The molecule has 1 nitrogen and oxygen atoms in total. The van der Waals surface area contributed by atoms with Crippen molar-refractivity contribution in [2.24, 2.45) is 17.3 Å². The summed E-state index contributed by atoms with van der Waals surface area (Å²) >= 11 is 0. The second-order valence-corrected chi connectivity index (χ2v) is 8.56. The highest BCUT2D eigenvalue weighted by Crippen LogP contribution is 2.47. The maximum atomic E-state index is 3.84. The van der Waals surface area contributed by atoms with E-state index >= 15 is 0 Å². The fourth-order valence-corrected chi connectivity index (χ4v) is 4.36. The third-order valence-electron chi connectivity index (χ3n) is 5.89.